The number of likely N-dealkylation sites (N-methyl/N-ethyl adjacent to an activating group) is 1. The van der Waals surface area contributed by atoms with Crippen molar-refractivity contribution in [1.82, 2.24) is 14.7 Å². The maximum absolute atomic E-state index is 12.3. The van der Waals surface area contributed by atoms with Crippen LogP contribution in [0.4, 0.5) is 0 Å². The number of carbonyl (C=O) groups excluding carboxylic acids is 2. The van der Waals surface area contributed by atoms with Gasteiger partial charge in [0.2, 0.25) is 0 Å². The monoisotopic (exact) mass is 327 g/mol. The lowest BCUT2D eigenvalue weighted by Crippen LogP contribution is -2.41. The molecule has 0 aliphatic carbocycles. The maximum atomic E-state index is 12.3. The molecule has 1 amide bonds. The molecule has 6 heteroatoms. The van der Waals surface area contributed by atoms with Gasteiger partial charge in [0.15, 0.2) is 11.8 Å². The summed E-state index contributed by atoms with van der Waals surface area (Å²) in [5.41, 5.74) is 3.04. The van der Waals surface area contributed by atoms with Crippen LogP contribution < -0.4 is 5.56 Å². The molecule has 0 spiro atoms. The highest BCUT2D eigenvalue weighted by Crippen LogP contribution is 2.22. The van der Waals surface area contributed by atoms with Gasteiger partial charge in [0.25, 0.3) is 11.5 Å². The molecule has 1 aromatic heterocycles. The Balaban J connectivity index is 2.61. The molecule has 126 valence electrons. The van der Waals surface area contributed by atoms with Gasteiger partial charge in [-0.1, -0.05) is 23.8 Å². The number of hydrogen-bond donors (Lipinski definition) is 0. The summed E-state index contributed by atoms with van der Waals surface area (Å²) in [4.78, 5) is 37.7. The van der Waals surface area contributed by atoms with E-state index in [0.717, 1.165) is 21.4 Å². The van der Waals surface area contributed by atoms with Crippen LogP contribution in [0, 0.1) is 13.8 Å². The van der Waals surface area contributed by atoms with E-state index in [-0.39, 0.29) is 0 Å². The molecule has 0 saturated carbocycles. The molecule has 1 heterocycles. The van der Waals surface area contributed by atoms with Crippen molar-refractivity contribution in [2.24, 2.45) is 0 Å². The molecule has 0 N–H and O–H groups in total. The summed E-state index contributed by atoms with van der Waals surface area (Å²) in [6, 6.07) is 7.57. The first-order valence-corrected chi connectivity index (χ1v) is 7.61. The number of hydrogen-bond acceptors (Lipinski definition) is 4. The van der Waals surface area contributed by atoms with Crippen molar-refractivity contribution in [3.8, 4) is 11.3 Å². The van der Waals surface area contributed by atoms with Gasteiger partial charge < -0.3 is 4.90 Å². The first-order chi connectivity index (χ1) is 11.2. The summed E-state index contributed by atoms with van der Waals surface area (Å²) in [7, 11) is 3.08. The number of aromatic nitrogens is 2. The largest absolute Gasteiger partial charge is 0.347 e. The Kier molecular flexibility index (Phi) is 4.97. The number of benzene rings is 1. The van der Waals surface area contributed by atoms with Gasteiger partial charge in [0.1, 0.15) is 0 Å². The van der Waals surface area contributed by atoms with Crippen molar-refractivity contribution in [2.45, 2.75) is 26.8 Å². The van der Waals surface area contributed by atoms with Gasteiger partial charge >= 0.3 is 0 Å². The van der Waals surface area contributed by atoms with Crippen LogP contribution in [0.5, 0.6) is 0 Å². The number of ketones is 1. The summed E-state index contributed by atoms with van der Waals surface area (Å²) >= 11 is 0. The summed E-state index contributed by atoms with van der Waals surface area (Å²) in [5, 5.41) is 4.29. The van der Waals surface area contributed by atoms with E-state index in [4.69, 9.17) is 0 Å². The van der Waals surface area contributed by atoms with Crippen molar-refractivity contribution in [3.63, 3.8) is 0 Å². The lowest BCUT2D eigenvalue weighted by molar-refractivity contribution is -0.138. The molecule has 0 aliphatic heterocycles. The lowest BCUT2D eigenvalue weighted by atomic mass is 10.0. The smallest absolute Gasteiger partial charge is 0.267 e. The fourth-order valence-electron chi connectivity index (χ4n) is 2.55. The Bertz CT molecular complexity index is 853. The van der Waals surface area contributed by atoms with E-state index < -0.39 is 23.3 Å². The van der Waals surface area contributed by atoms with Crippen LogP contribution in [0.25, 0.3) is 11.3 Å². The summed E-state index contributed by atoms with van der Waals surface area (Å²) in [6.07, 6.45) is 0. The Hall–Kier alpha value is -2.76. The van der Waals surface area contributed by atoms with E-state index in [1.807, 2.05) is 32.0 Å². The van der Waals surface area contributed by atoms with Crippen LogP contribution in [0.2, 0.25) is 0 Å². The lowest BCUT2D eigenvalue weighted by Gasteiger charge is -2.20. The van der Waals surface area contributed by atoms with Crippen LogP contribution in [0.1, 0.15) is 24.1 Å². The Morgan fingerprint density at radius 2 is 1.79 bits per heavy atom. The minimum absolute atomic E-state index is 0.430. The van der Waals surface area contributed by atoms with E-state index >= 15 is 0 Å². The molecular weight excluding hydrogens is 306 g/mol. The van der Waals surface area contributed by atoms with Crippen molar-refractivity contribution < 1.29 is 9.59 Å². The number of rotatable bonds is 4. The molecule has 1 atom stereocenters. The quantitative estimate of drug-likeness (QED) is 0.802. The van der Waals surface area contributed by atoms with Crippen LogP contribution in [-0.2, 0) is 9.59 Å². The summed E-state index contributed by atoms with van der Waals surface area (Å²) in [6.45, 7) is 5.23. The highest BCUT2D eigenvalue weighted by molar-refractivity contribution is 6.02. The average Bonchev–Trinajstić information content (AvgIpc) is 2.49. The maximum Gasteiger partial charge on any atom is 0.267 e. The van der Waals surface area contributed by atoms with Crippen LogP contribution in [0.3, 0.4) is 0 Å². The fraction of sp³-hybridized carbons (Fsp3) is 0.333. The van der Waals surface area contributed by atoms with Gasteiger partial charge in [-0.2, -0.15) is 5.10 Å². The molecule has 24 heavy (non-hydrogen) atoms. The van der Waals surface area contributed by atoms with Gasteiger partial charge in [0.05, 0.1) is 5.69 Å². The van der Waals surface area contributed by atoms with Crippen molar-refractivity contribution in [1.29, 1.82) is 0 Å². The highest BCUT2D eigenvalue weighted by Gasteiger charge is 2.29. The first kappa shape index (κ1) is 17.6. The standard InChI is InChI=1S/C18H21N3O3/c1-11-6-7-14(12(2)10-11)15-8-9-16(23)21(19-15)17(13(3)22)18(24)20(4)5/h6-10,17H,1-5H3. The molecule has 2 rings (SSSR count). The van der Waals surface area contributed by atoms with E-state index in [9.17, 15) is 14.4 Å². The van der Waals surface area contributed by atoms with Gasteiger partial charge in [-0.05, 0) is 32.4 Å². The zero-order valence-electron chi connectivity index (χ0n) is 14.5. The number of nitrogens with zero attached hydrogens (tertiary/aromatic N) is 3. The zero-order chi connectivity index (χ0) is 18.0. The highest BCUT2D eigenvalue weighted by atomic mass is 16.2. The van der Waals surface area contributed by atoms with E-state index in [1.54, 1.807) is 6.07 Å². The molecule has 0 aliphatic rings. The predicted octanol–water partition coefficient (Wildman–Crippen LogP) is 1.75. The number of amides is 1. The van der Waals surface area contributed by atoms with E-state index in [0.29, 0.717) is 5.69 Å². The second-order valence-electron chi connectivity index (χ2n) is 6.07. The normalized spacial score (nSPS) is 11.9. The third-order valence-electron chi connectivity index (χ3n) is 3.79. The molecular formula is C18H21N3O3. The molecule has 0 saturated heterocycles. The van der Waals surface area contributed by atoms with Crippen LogP contribution in [-0.4, -0.2) is 40.5 Å². The molecule has 0 fully saturated rings. The molecule has 6 nitrogen and oxygen atoms in total. The minimum Gasteiger partial charge on any atom is -0.347 e. The number of aryl methyl sites for hydroxylation is 2. The molecule has 2 aromatic rings. The second kappa shape index (κ2) is 6.78. The Morgan fingerprint density at radius 3 is 2.33 bits per heavy atom. The fourth-order valence-corrected chi connectivity index (χ4v) is 2.55. The van der Waals surface area contributed by atoms with Crippen molar-refractivity contribution >= 4 is 11.7 Å². The van der Waals surface area contributed by atoms with Crippen LogP contribution >= 0.6 is 0 Å². The predicted molar refractivity (Wildman–Crippen MR) is 91.8 cm³/mol. The van der Waals surface area contributed by atoms with E-state index in [2.05, 4.69) is 5.10 Å². The summed E-state index contributed by atoms with van der Waals surface area (Å²) in [5.74, 6) is -0.907. The average molecular weight is 327 g/mol. The Morgan fingerprint density at radius 1 is 1.12 bits per heavy atom. The Labute approximate surface area is 140 Å². The SMILES string of the molecule is CC(=O)C(C(=O)N(C)C)n1nc(-c2ccc(C)cc2C)ccc1=O. The molecule has 1 unspecified atom stereocenters. The first-order valence-electron chi connectivity index (χ1n) is 7.61. The molecule has 1 aromatic carbocycles. The third kappa shape index (κ3) is 3.42. The topological polar surface area (TPSA) is 72.3 Å². The van der Waals surface area contributed by atoms with E-state index in [1.165, 1.54) is 32.0 Å². The number of carbonyl (C=O) groups is 2. The van der Waals surface area contributed by atoms with Gasteiger partial charge in [0, 0.05) is 25.7 Å². The van der Waals surface area contributed by atoms with Crippen molar-refractivity contribution in [3.05, 3.63) is 51.8 Å². The van der Waals surface area contributed by atoms with Crippen LogP contribution in [0.15, 0.2) is 35.1 Å². The van der Waals surface area contributed by atoms with Gasteiger partial charge in [-0.15, -0.1) is 0 Å². The van der Waals surface area contributed by atoms with Gasteiger partial charge in [-0.3, -0.25) is 14.4 Å². The van der Waals surface area contributed by atoms with Crippen molar-refractivity contribution in [2.75, 3.05) is 14.1 Å². The third-order valence-corrected chi connectivity index (χ3v) is 3.79. The molecule has 0 bridgehead atoms. The zero-order valence-corrected chi connectivity index (χ0v) is 14.5. The van der Waals surface area contributed by atoms with Gasteiger partial charge in [-0.25, -0.2) is 4.68 Å². The second-order valence-corrected chi connectivity index (χ2v) is 6.07. The minimum atomic E-state index is -1.25. The molecule has 0 radical (unpaired) electrons. The number of Topliss-reactive ketones (excluding diaryl/α,β-unsaturated/α-hetero) is 1. The summed E-state index contributed by atoms with van der Waals surface area (Å²) < 4.78 is 0.972.